The number of aromatic nitrogens is 2. The molecule has 2 N–H and O–H groups in total. The Morgan fingerprint density at radius 2 is 2.13 bits per heavy atom. The second-order valence-corrected chi connectivity index (χ2v) is 8.18. The third-order valence-electron chi connectivity index (χ3n) is 5.78. The maximum Gasteiger partial charge on any atom is 0.220 e. The van der Waals surface area contributed by atoms with Gasteiger partial charge in [-0.05, 0) is 25.3 Å². The summed E-state index contributed by atoms with van der Waals surface area (Å²) in [6.07, 6.45) is 6.79. The van der Waals surface area contributed by atoms with E-state index >= 15 is 0 Å². The maximum atomic E-state index is 11.8. The van der Waals surface area contributed by atoms with Crippen molar-refractivity contribution in [2.24, 2.45) is 10.4 Å². The van der Waals surface area contributed by atoms with E-state index in [0.29, 0.717) is 13.0 Å². The van der Waals surface area contributed by atoms with Gasteiger partial charge >= 0.3 is 0 Å². The maximum absolute atomic E-state index is 11.8. The number of rotatable bonds is 5. The minimum absolute atomic E-state index is 0. The van der Waals surface area contributed by atoms with Crippen LogP contribution in [0.3, 0.4) is 0 Å². The number of hydrogen-bond acceptors (Lipinski definition) is 3. The summed E-state index contributed by atoms with van der Waals surface area (Å²) >= 11 is 0. The fourth-order valence-corrected chi connectivity index (χ4v) is 4.37. The molecular weight excluding hydrogens is 491 g/mol. The first-order valence-electron chi connectivity index (χ1n) is 10.5. The molecule has 1 atom stereocenters. The van der Waals surface area contributed by atoms with Crippen molar-refractivity contribution in [1.29, 1.82) is 0 Å². The molecule has 0 saturated carbocycles. The van der Waals surface area contributed by atoms with Gasteiger partial charge in [-0.25, -0.2) is 4.99 Å². The lowest BCUT2D eigenvalue weighted by Crippen LogP contribution is -2.51. The third kappa shape index (κ3) is 5.53. The Hall–Kier alpha value is -2.10. The Bertz CT molecular complexity index is 868. The highest BCUT2D eigenvalue weighted by Gasteiger charge is 2.42. The number of carbonyl (C=O) groups excluding carboxylic acids is 1. The predicted molar refractivity (Wildman–Crippen MR) is 129 cm³/mol. The van der Waals surface area contributed by atoms with Crippen LogP contribution in [0.2, 0.25) is 0 Å². The van der Waals surface area contributed by atoms with Crippen molar-refractivity contribution in [2.75, 3.05) is 26.2 Å². The molecule has 162 valence electrons. The van der Waals surface area contributed by atoms with Gasteiger partial charge in [0.05, 0.1) is 19.3 Å². The van der Waals surface area contributed by atoms with Crippen molar-refractivity contribution in [3.05, 3.63) is 53.9 Å². The summed E-state index contributed by atoms with van der Waals surface area (Å²) < 4.78 is 1.96. The van der Waals surface area contributed by atoms with E-state index in [1.54, 1.807) is 0 Å². The van der Waals surface area contributed by atoms with E-state index in [0.717, 1.165) is 57.1 Å². The lowest BCUT2D eigenvalue weighted by Gasteiger charge is -2.40. The number of hydrogen-bond donors (Lipinski definition) is 2. The van der Waals surface area contributed by atoms with E-state index in [9.17, 15) is 4.79 Å². The molecule has 1 unspecified atom stereocenters. The standard InChI is InChI=1S/C22H30N6O.HI/c1-2-23-21(27-10-6-9-22(17-27)11-20(29)25-16-22)24-12-19-13-26-28(15-19)14-18-7-4-3-5-8-18;/h3-5,7-8,13,15H,2,6,9-12,14,16-17H2,1H3,(H,23,24)(H,25,29);1H. The summed E-state index contributed by atoms with van der Waals surface area (Å²) in [4.78, 5) is 19.0. The summed E-state index contributed by atoms with van der Waals surface area (Å²) in [5, 5.41) is 10.9. The molecule has 2 aliphatic rings. The molecule has 8 heteroatoms. The van der Waals surface area contributed by atoms with Crippen LogP contribution in [-0.4, -0.2) is 52.7 Å². The second kappa shape index (κ2) is 10.3. The van der Waals surface area contributed by atoms with Crippen molar-refractivity contribution in [1.82, 2.24) is 25.3 Å². The van der Waals surface area contributed by atoms with Crippen LogP contribution >= 0.6 is 24.0 Å². The van der Waals surface area contributed by atoms with Gasteiger partial charge in [-0.2, -0.15) is 5.10 Å². The average Bonchev–Trinajstić information content (AvgIpc) is 3.32. The number of guanidine groups is 1. The molecule has 30 heavy (non-hydrogen) atoms. The smallest absolute Gasteiger partial charge is 0.220 e. The Labute approximate surface area is 195 Å². The first kappa shape index (κ1) is 22.6. The molecule has 0 radical (unpaired) electrons. The number of piperidine rings is 1. The predicted octanol–water partition coefficient (Wildman–Crippen LogP) is 2.62. The van der Waals surface area contributed by atoms with Crippen LogP contribution in [0.1, 0.15) is 37.3 Å². The van der Waals surface area contributed by atoms with Gasteiger partial charge < -0.3 is 15.5 Å². The molecule has 4 rings (SSSR count). The van der Waals surface area contributed by atoms with Crippen molar-refractivity contribution in [3.8, 4) is 0 Å². The summed E-state index contributed by atoms with van der Waals surface area (Å²) in [5.74, 6) is 1.11. The minimum atomic E-state index is 0. The molecule has 1 aromatic carbocycles. The van der Waals surface area contributed by atoms with Gasteiger partial charge in [-0.3, -0.25) is 9.48 Å². The molecule has 2 aromatic rings. The van der Waals surface area contributed by atoms with Crippen LogP contribution in [0.25, 0.3) is 0 Å². The van der Waals surface area contributed by atoms with Gasteiger partial charge in [0.1, 0.15) is 0 Å². The largest absolute Gasteiger partial charge is 0.357 e. The number of carbonyl (C=O) groups is 1. The number of amides is 1. The van der Waals surface area contributed by atoms with Crippen molar-refractivity contribution >= 4 is 35.8 Å². The average molecular weight is 522 g/mol. The van der Waals surface area contributed by atoms with E-state index in [4.69, 9.17) is 4.99 Å². The summed E-state index contributed by atoms with van der Waals surface area (Å²) in [5.41, 5.74) is 2.39. The lowest BCUT2D eigenvalue weighted by molar-refractivity contribution is -0.119. The van der Waals surface area contributed by atoms with Crippen LogP contribution in [-0.2, 0) is 17.9 Å². The summed E-state index contributed by atoms with van der Waals surface area (Å²) in [7, 11) is 0. The Morgan fingerprint density at radius 3 is 2.87 bits per heavy atom. The van der Waals surface area contributed by atoms with E-state index in [1.165, 1.54) is 5.56 Å². The fourth-order valence-electron chi connectivity index (χ4n) is 4.37. The van der Waals surface area contributed by atoms with Gasteiger partial charge in [-0.1, -0.05) is 30.3 Å². The quantitative estimate of drug-likeness (QED) is 0.360. The van der Waals surface area contributed by atoms with Crippen molar-refractivity contribution in [3.63, 3.8) is 0 Å². The highest BCUT2D eigenvalue weighted by Crippen LogP contribution is 2.36. The van der Waals surface area contributed by atoms with Crippen LogP contribution in [0, 0.1) is 5.41 Å². The van der Waals surface area contributed by atoms with Gasteiger partial charge in [0, 0.05) is 49.8 Å². The van der Waals surface area contributed by atoms with E-state index in [1.807, 2.05) is 29.1 Å². The molecule has 2 saturated heterocycles. The highest BCUT2D eigenvalue weighted by atomic mass is 127. The monoisotopic (exact) mass is 522 g/mol. The van der Waals surface area contributed by atoms with Gasteiger partial charge in [0.25, 0.3) is 0 Å². The van der Waals surface area contributed by atoms with Crippen LogP contribution in [0.4, 0.5) is 0 Å². The van der Waals surface area contributed by atoms with Crippen LogP contribution in [0.15, 0.2) is 47.7 Å². The zero-order valence-corrected chi connectivity index (χ0v) is 19.8. The minimum Gasteiger partial charge on any atom is -0.357 e. The lowest BCUT2D eigenvalue weighted by atomic mass is 9.79. The van der Waals surface area contributed by atoms with E-state index in [-0.39, 0.29) is 35.3 Å². The molecule has 0 aliphatic carbocycles. The second-order valence-electron chi connectivity index (χ2n) is 8.18. The van der Waals surface area contributed by atoms with Crippen LogP contribution < -0.4 is 10.6 Å². The normalized spacial score (nSPS) is 21.4. The summed E-state index contributed by atoms with van der Waals surface area (Å²) in [6, 6.07) is 10.3. The zero-order chi connectivity index (χ0) is 20.1. The van der Waals surface area contributed by atoms with Gasteiger partial charge in [-0.15, -0.1) is 24.0 Å². The number of benzene rings is 1. The third-order valence-corrected chi connectivity index (χ3v) is 5.78. The van der Waals surface area contributed by atoms with Crippen LogP contribution in [0.5, 0.6) is 0 Å². The van der Waals surface area contributed by atoms with Gasteiger partial charge in [0.2, 0.25) is 5.91 Å². The molecule has 1 amide bonds. The van der Waals surface area contributed by atoms with E-state index in [2.05, 4.69) is 45.9 Å². The van der Waals surface area contributed by atoms with E-state index < -0.39 is 0 Å². The van der Waals surface area contributed by atoms with Gasteiger partial charge in [0.15, 0.2) is 5.96 Å². The number of nitrogens with zero attached hydrogens (tertiary/aromatic N) is 4. The number of nitrogens with one attached hydrogen (secondary N) is 2. The van der Waals surface area contributed by atoms with Crippen molar-refractivity contribution < 1.29 is 4.79 Å². The molecule has 1 spiro atoms. The zero-order valence-electron chi connectivity index (χ0n) is 17.5. The molecule has 1 aromatic heterocycles. The van der Waals surface area contributed by atoms with Crippen molar-refractivity contribution in [2.45, 2.75) is 39.3 Å². The number of aliphatic imine (C=N–C) groups is 1. The molecule has 2 fully saturated rings. The fraction of sp³-hybridized carbons (Fsp3) is 0.500. The molecule has 2 aliphatic heterocycles. The number of halogens is 1. The molecule has 0 bridgehead atoms. The highest BCUT2D eigenvalue weighted by molar-refractivity contribution is 14.0. The molecular formula is C22H31IN6O. The SMILES string of the molecule is CCNC(=NCc1cnn(Cc2ccccc2)c1)N1CCCC2(CNC(=O)C2)C1.I. The first-order valence-corrected chi connectivity index (χ1v) is 10.5. The molecule has 7 nitrogen and oxygen atoms in total. The Balaban J connectivity index is 0.00000256. The Kier molecular flexibility index (Phi) is 7.74. The Morgan fingerprint density at radius 1 is 1.30 bits per heavy atom. The molecule has 3 heterocycles. The first-order chi connectivity index (χ1) is 14.2. The summed E-state index contributed by atoms with van der Waals surface area (Å²) in [6.45, 7) is 6.92. The topological polar surface area (TPSA) is 74.6 Å². The number of likely N-dealkylation sites (tertiary alicyclic amines) is 1.